The van der Waals surface area contributed by atoms with Crippen LogP contribution in [0, 0.1) is 23.8 Å². The molecule has 2 heterocycles. The van der Waals surface area contributed by atoms with E-state index in [0.717, 1.165) is 17.7 Å². The SMILES string of the molecule is [C-]#[N+][C@@H]1C[C@@]2(CN1C(=O)[C@@H](CC(=O)[C@H](CC1CC1)N(C)C)CC(C)(C)C)C(=O)Nc1ccccc12. The van der Waals surface area contributed by atoms with E-state index in [1.807, 2.05) is 43.3 Å². The van der Waals surface area contributed by atoms with E-state index < -0.39 is 17.5 Å². The molecule has 3 aliphatic rings. The van der Waals surface area contributed by atoms with E-state index in [9.17, 15) is 14.4 Å². The molecule has 1 N–H and O–H groups in total. The Balaban J connectivity index is 1.59. The van der Waals surface area contributed by atoms with Gasteiger partial charge in [0.2, 0.25) is 11.8 Å². The van der Waals surface area contributed by atoms with Gasteiger partial charge in [0, 0.05) is 24.6 Å². The van der Waals surface area contributed by atoms with Crippen molar-refractivity contribution in [2.24, 2.45) is 17.3 Å². The lowest BCUT2D eigenvalue weighted by Crippen LogP contribution is -2.45. The van der Waals surface area contributed by atoms with Crippen molar-refractivity contribution >= 4 is 23.3 Å². The number of likely N-dealkylation sites (N-methyl/N-ethyl adjacent to an activating group) is 1. The summed E-state index contributed by atoms with van der Waals surface area (Å²) < 4.78 is 0. The van der Waals surface area contributed by atoms with Gasteiger partial charge in [-0.15, -0.1) is 0 Å². The third-order valence-corrected chi connectivity index (χ3v) is 7.79. The van der Waals surface area contributed by atoms with E-state index in [4.69, 9.17) is 6.57 Å². The monoisotopic (exact) mass is 478 g/mol. The zero-order chi connectivity index (χ0) is 25.5. The van der Waals surface area contributed by atoms with Crippen LogP contribution < -0.4 is 5.32 Å². The molecule has 1 spiro atoms. The maximum Gasteiger partial charge on any atom is 0.302 e. The summed E-state index contributed by atoms with van der Waals surface area (Å²) in [6, 6.07) is 7.35. The summed E-state index contributed by atoms with van der Waals surface area (Å²) in [6.07, 6.45) is 3.48. The third kappa shape index (κ3) is 5.13. The number of nitrogens with one attached hydrogen (secondary N) is 1. The van der Waals surface area contributed by atoms with E-state index in [0.29, 0.717) is 12.3 Å². The van der Waals surface area contributed by atoms with Gasteiger partial charge < -0.3 is 5.32 Å². The van der Waals surface area contributed by atoms with Crippen molar-refractivity contribution in [3.05, 3.63) is 41.2 Å². The number of ketones is 1. The van der Waals surface area contributed by atoms with Gasteiger partial charge >= 0.3 is 6.17 Å². The van der Waals surface area contributed by atoms with E-state index in [2.05, 4.69) is 30.9 Å². The van der Waals surface area contributed by atoms with Crippen LogP contribution in [-0.2, 0) is 19.8 Å². The van der Waals surface area contributed by atoms with Crippen LogP contribution in [0.5, 0.6) is 0 Å². The number of anilines is 1. The number of carbonyl (C=O) groups is 3. The Morgan fingerprint density at radius 3 is 2.54 bits per heavy atom. The maximum atomic E-state index is 14.0. The predicted octanol–water partition coefficient (Wildman–Crippen LogP) is 4.10. The van der Waals surface area contributed by atoms with Crippen molar-refractivity contribution < 1.29 is 14.4 Å². The van der Waals surface area contributed by atoms with E-state index in [1.165, 1.54) is 12.8 Å². The van der Waals surface area contributed by atoms with E-state index in [-0.39, 0.29) is 48.4 Å². The van der Waals surface area contributed by atoms with Gasteiger partial charge in [0.15, 0.2) is 5.78 Å². The highest BCUT2D eigenvalue weighted by atomic mass is 16.2. The molecule has 2 fully saturated rings. The second-order valence-electron chi connectivity index (χ2n) is 12.2. The standard InChI is InChI=1S/C28H38N4O3/c1-27(2,3)15-19(14-23(33)22(31(5)6)13-18-11-12-18)25(34)32-17-28(16-24(32)29-4)20-9-7-8-10-21(20)30-26(28)35/h7-10,18-19,22,24H,11-17H2,1-3,5-6H3,(H,30,35)/t19-,22-,24-,28-/m0/s1. The number of amides is 2. The van der Waals surface area contributed by atoms with Crippen LogP contribution >= 0.6 is 0 Å². The molecule has 1 aromatic carbocycles. The van der Waals surface area contributed by atoms with Crippen molar-refractivity contribution in [2.75, 3.05) is 26.0 Å². The molecule has 1 aliphatic carbocycles. The molecule has 0 radical (unpaired) electrons. The van der Waals surface area contributed by atoms with Crippen LogP contribution in [0.1, 0.15) is 64.9 Å². The quantitative estimate of drug-likeness (QED) is 0.571. The molecule has 0 unspecified atom stereocenters. The first kappa shape index (κ1) is 25.4. The van der Waals surface area contributed by atoms with Crippen LogP contribution in [0.15, 0.2) is 24.3 Å². The predicted molar refractivity (Wildman–Crippen MR) is 135 cm³/mol. The van der Waals surface area contributed by atoms with Crippen LogP contribution in [0.25, 0.3) is 4.85 Å². The summed E-state index contributed by atoms with van der Waals surface area (Å²) in [6.45, 7) is 14.2. The fourth-order valence-corrected chi connectivity index (χ4v) is 5.85. The molecule has 7 nitrogen and oxygen atoms in total. The van der Waals surface area contributed by atoms with Gasteiger partial charge in [0.05, 0.1) is 12.5 Å². The second kappa shape index (κ2) is 9.39. The molecule has 2 aliphatic heterocycles. The fourth-order valence-electron chi connectivity index (χ4n) is 5.85. The summed E-state index contributed by atoms with van der Waals surface area (Å²) >= 11 is 0. The normalized spacial score (nSPS) is 25.3. The fraction of sp³-hybridized carbons (Fsp3) is 0.643. The molecular weight excluding hydrogens is 440 g/mol. The van der Waals surface area contributed by atoms with Crippen LogP contribution in [0.4, 0.5) is 5.69 Å². The summed E-state index contributed by atoms with van der Waals surface area (Å²) in [7, 11) is 3.86. The Bertz CT molecular complexity index is 1050. The van der Waals surface area contributed by atoms with Crippen molar-refractivity contribution in [3.8, 4) is 0 Å². The number of hydrogen-bond donors (Lipinski definition) is 1. The first-order chi connectivity index (χ1) is 16.4. The number of fused-ring (bicyclic) bond motifs is 2. The number of hydrogen-bond acceptors (Lipinski definition) is 4. The molecule has 1 aromatic rings. The number of benzene rings is 1. The van der Waals surface area contributed by atoms with Crippen molar-refractivity contribution in [3.63, 3.8) is 0 Å². The average molecular weight is 479 g/mol. The minimum Gasteiger partial charge on any atom is -0.325 e. The highest BCUT2D eigenvalue weighted by molar-refractivity contribution is 6.07. The van der Waals surface area contributed by atoms with Crippen molar-refractivity contribution in [2.45, 2.75) is 76.9 Å². The molecule has 7 heteroatoms. The lowest BCUT2D eigenvalue weighted by molar-refractivity contribution is -0.140. The molecule has 0 bridgehead atoms. The van der Waals surface area contributed by atoms with Crippen LogP contribution in [-0.4, -0.2) is 60.2 Å². The zero-order valence-corrected chi connectivity index (χ0v) is 21.6. The molecule has 1 saturated heterocycles. The molecule has 35 heavy (non-hydrogen) atoms. The van der Waals surface area contributed by atoms with Gasteiger partial charge in [-0.1, -0.05) is 51.8 Å². The Morgan fingerprint density at radius 2 is 1.94 bits per heavy atom. The maximum absolute atomic E-state index is 14.0. The van der Waals surface area contributed by atoms with E-state index in [1.54, 1.807) is 4.90 Å². The third-order valence-electron chi connectivity index (χ3n) is 7.79. The molecule has 188 valence electrons. The Hall–Kier alpha value is -2.72. The van der Waals surface area contributed by atoms with Gasteiger partial charge in [-0.2, -0.15) is 0 Å². The van der Waals surface area contributed by atoms with Gasteiger partial charge in [-0.05, 0) is 49.9 Å². The first-order valence-electron chi connectivity index (χ1n) is 12.7. The largest absolute Gasteiger partial charge is 0.325 e. The molecule has 1 saturated carbocycles. The lowest BCUT2D eigenvalue weighted by atomic mass is 9.80. The summed E-state index contributed by atoms with van der Waals surface area (Å²) in [5.41, 5.74) is 0.545. The summed E-state index contributed by atoms with van der Waals surface area (Å²) in [4.78, 5) is 47.9. The number of nitrogens with zero attached hydrogens (tertiary/aromatic N) is 3. The topological polar surface area (TPSA) is 74.1 Å². The smallest absolute Gasteiger partial charge is 0.302 e. The molecule has 2 amide bonds. The van der Waals surface area contributed by atoms with Gasteiger partial charge in [0.1, 0.15) is 5.41 Å². The second-order valence-corrected chi connectivity index (χ2v) is 12.2. The zero-order valence-electron chi connectivity index (χ0n) is 21.6. The van der Waals surface area contributed by atoms with Gasteiger partial charge in [-0.25, -0.2) is 6.57 Å². The highest BCUT2D eigenvalue weighted by Gasteiger charge is 2.59. The summed E-state index contributed by atoms with van der Waals surface area (Å²) in [5.74, 6) is -0.130. The van der Waals surface area contributed by atoms with Crippen LogP contribution in [0.2, 0.25) is 0 Å². The van der Waals surface area contributed by atoms with Crippen LogP contribution in [0.3, 0.4) is 0 Å². The minimum atomic E-state index is -0.907. The Morgan fingerprint density at radius 1 is 1.26 bits per heavy atom. The van der Waals surface area contributed by atoms with E-state index >= 15 is 0 Å². The Kier molecular flexibility index (Phi) is 6.80. The summed E-state index contributed by atoms with van der Waals surface area (Å²) in [5, 5.41) is 2.95. The van der Waals surface area contributed by atoms with Crippen molar-refractivity contribution in [1.82, 2.24) is 9.80 Å². The highest BCUT2D eigenvalue weighted by Crippen LogP contribution is 2.47. The number of likely N-dealkylation sites (tertiary alicyclic amines) is 1. The number of carbonyl (C=O) groups excluding carboxylic acids is 3. The van der Waals surface area contributed by atoms with Gasteiger partial charge in [0.25, 0.3) is 0 Å². The average Bonchev–Trinajstić information content (AvgIpc) is 3.46. The number of rotatable bonds is 8. The van der Waals surface area contributed by atoms with Crippen molar-refractivity contribution in [1.29, 1.82) is 0 Å². The first-order valence-corrected chi connectivity index (χ1v) is 12.7. The number of Topliss-reactive ketones (excluding diaryl/α,β-unsaturated/α-hetero) is 1. The minimum absolute atomic E-state index is 0.0988. The lowest BCUT2D eigenvalue weighted by Gasteiger charge is -2.31. The number of para-hydroxylation sites is 1. The molecule has 4 atom stereocenters. The molecule has 4 rings (SSSR count). The Labute approximate surface area is 209 Å². The molecule has 0 aromatic heterocycles. The van der Waals surface area contributed by atoms with Gasteiger partial charge in [-0.3, -0.25) is 29.0 Å². The molecular formula is C28H38N4O3.